The molecule has 0 aliphatic heterocycles. The Morgan fingerprint density at radius 3 is 2.71 bits per heavy atom. The van der Waals surface area contributed by atoms with Crippen molar-refractivity contribution in [2.24, 2.45) is 0 Å². The molecule has 1 amide bonds. The van der Waals surface area contributed by atoms with Crippen molar-refractivity contribution in [1.82, 2.24) is 10.3 Å². The molecule has 1 N–H and O–H groups in total. The molecule has 0 atom stereocenters. The predicted molar refractivity (Wildman–Crippen MR) is 63.1 cm³/mol. The Labute approximate surface area is 98.1 Å². The number of hydrogen-bond donors (Lipinski definition) is 1. The highest BCUT2D eigenvalue weighted by Crippen LogP contribution is 2.07. The summed E-state index contributed by atoms with van der Waals surface area (Å²) in [6.07, 6.45) is 3.15. The van der Waals surface area contributed by atoms with Crippen LogP contribution in [0.3, 0.4) is 0 Å². The molecule has 1 aromatic heterocycles. The Kier molecular flexibility index (Phi) is 3.30. The van der Waals surface area contributed by atoms with Gasteiger partial charge in [-0.25, -0.2) is 4.63 Å². The lowest BCUT2D eigenvalue weighted by Gasteiger charge is -1.95. The molecule has 0 aliphatic rings. The van der Waals surface area contributed by atoms with Gasteiger partial charge in [-0.15, -0.1) is 0 Å². The zero-order chi connectivity index (χ0) is 12.1. The van der Waals surface area contributed by atoms with Gasteiger partial charge in [-0.2, -0.15) is 0 Å². The Morgan fingerprint density at radius 1 is 1.29 bits per heavy atom. The number of aryl methyl sites for hydroxylation is 1. The van der Waals surface area contributed by atoms with Crippen molar-refractivity contribution in [1.29, 1.82) is 0 Å². The molecule has 0 saturated heterocycles. The van der Waals surface area contributed by atoms with Gasteiger partial charge in [-0.1, -0.05) is 35.5 Å². The summed E-state index contributed by atoms with van der Waals surface area (Å²) in [5.41, 5.74) is 1.50. The summed E-state index contributed by atoms with van der Waals surface area (Å²) in [7, 11) is 0. The molecule has 1 aromatic carbocycles. The van der Waals surface area contributed by atoms with Gasteiger partial charge in [0, 0.05) is 6.08 Å². The minimum Gasteiger partial charge on any atom is -0.303 e. The topological polar surface area (TPSA) is 68.0 Å². The fourth-order valence-corrected chi connectivity index (χ4v) is 1.24. The Bertz CT molecular complexity index is 532. The molecule has 86 valence electrons. The lowest BCUT2D eigenvalue weighted by Crippen LogP contribution is -2.08. The van der Waals surface area contributed by atoms with Gasteiger partial charge in [0.2, 0.25) is 11.7 Å². The number of nitrogens with one attached hydrogen (secondary N) is 1. The van der Waals surface area contributed by atoms with E-state index in [0.717, 1.165) is 5.56 Å². The molecule has 0 saturated carbocycles. The molecule has 0 radical (unpaired) electrons. The van der Waals surface area contributed by atoms with Gasteiger partial charge in [-0.05, 0) is 23.7 Å². The highest BCUT2D eigenvalue weighted by atomic mass is 16.6. The van der Waals surface area contributed by atoms with Crippen LogP contribution in [0.15, 0.2) is 41.0 Å². The molecule has 1 heterocycles. The fraction of sp³-hybridized carbons (Fsp3) is 0.0833. The third-order valence-corrected chi connectivity index (χ3v) is 2.12. The molecular weight excluding hydrogens is 218 g/mol. The largest absolute Gasteiger partial charge is 0.303 e. The van der Waals surface area contributed by atoms with E-state index < -0.39 is 0 Å². The van der Waals surface area contributed by atoms with E-state index in [1.165, 1.54) is 6.08 Å². The summed E-state index contributed by atoms with van der Waals surface area (Å²) in [4.78, 5) is 11.5. The summed E-state index contributed by atoms with van der Waals surface area (Å²) in [6, 6.07) is 9.55. The van der Waals surface area contributed by atoms with Gasteiger partial charge in [0.1, 0.15) is 5.69 Å². The van der Waals surface area contributed by atoms with Gasteiger partial charge in [0.05, 0.1) is 0 Å². The van der Waals surface area contributed by atoms with E-state index in [1.807, 2.05) is 30.3 Å². The average molecular weight is 229 g/mol. The van der Waals surface area contributed by atoms with Crippen LogP contribution in [0, 0.1) is 6.92 Å². The van der Waals surface area contributed by atoms with E-state index in [9.17, 15) is 4.79 Å². The second-order valence-electron chi connectivity index (χ2n) is 3.43. The van der Waals surface area contributed by atoms with Crippen LogP contribution >= 0.6 is 0 Å². The van der Waals surface area contributed by atoms with Crippen molar-refractivity contribution >= 4 is 17.8 Å². The molecule has 5 nitrogen and oxygen atoms in total. The van der Waals surface area contributed by atoms with Crippen molar-refractivity contribution in [2.75, 3.05) is 5.32 Å². The van der Waals surface area contributed by atoms with E-state index in [-0.39, 0.29) is 5.91 Å². The number of aromatic nitrogens is 2. The molecule has 0 aliphatic carbocycles. The van der Waals surface area contributed by atoms with E-state index in [4.69, 9.17) is 0 Å². The monoisotopic (exact) mass is 229 g/mol. The van der Waals surface area contributed by atoms with E-state index in [1.54, 1.807) is 13.0 Å². The van der Waals surface area contributed by atoms with Crippen molar-refractivity contribution in [3.05, 3.63) is 47.7 Å². The third-order valence-electron chi connectivity index (χ3n) is 2.12. The first-order valence-electron chi connectivity index (χ1n) is 5.09. The van der Waals surface area contributed by atoms with Crippen LogP contribution in [-0.2, 0) is 4.79 Å². The first kappa shape index (κ1) is 11.1. The SMILES string of the molecule is Cc1nonc1NC(=O)/C=C/c1ccccc1. The number of carbonyl (C=O) groups is 1. The first-order chi connectivity index (χ1) is 8.25. The maximum atomic E-state index is 11.5. The molecule has 0 spiro atoms. The van der Waals surface area contributed by atoms with Gasteiger partial charge >= 0.3 is 0 Å². The van der Waals surface area contributed by atoms with Gasteiger partial charge in [0.25, 0.3) is 0 Å². The number of amides is 1. The zero-order valence-electron chi connectivity index (χ0n) is 9.25. The summed E-state index contributed by atoms with van der Waals surface area (Å²) in [5, 5.41) is 9.69. The standard InChI is InChI=1S/C12H11N3O2/c1-9-12(15-17-14-9)13-11(16)8-7-10-5-3-2-4-6-10/h2-8H,1H3,(H,13,15,16)/b8-7+. The summed E-state index contributed by atoms with van der Waals surface area (Å²) in [5.74, 6) is 0.0698. The number of nitrogens with zero attached hydrogens (tertiary/aromatic N) is 2. The van der Waals surface area contributed by atoms with Gasteiger partial charge < -0.3 is 5.32 Å². The van der Waals surface area contributed by atoms with Crippen molar-refractivity contribution in [2.45, 2.75) is 6.92 Å². The maximum Gasteiger partial charge on any atom is 0.249 e. The van der Waals surface area contributed by atoms with E-state index in [2.05, 4.69) is 20.3 Å². The van der Waals surface area contributed by atoms with Crippen LogP contribution in [-0.4, -0.2) is 16.2 Å². The highest BCUT2D eigenvalue weighted by molar-refractivity contribution is 6.01. The van der Waals surface area contributed by atoms with Crippen molar-refractivity contribution in [3.8, 4) is 0 Å². The quantitative estimate of drug-likeness (QED) is 0.817. The summed E-state index contributed by atoms with van der Waals surface area (Å²) >= 11 is 0. The molecule has 2 aromatic rings. The van der Waals surface area contributed by atoms with Gasteiger partial charge in [0.15, 0.2) is 0 Å². The smallest absolute Gasteiger partial charge is 0.249 e. The minimum absolute atomic E-state index is 0.271. The van der Waals surface area contributed by atoms with Crippen LogP contribution in [0.25, 0.3) is 6.08 Å². The predicted octanol–water partition coefficient (Wildman–Crippen LogP) is 2.03. The third kappa shape index (κ3) is 3.01. The summed E-state index contributed by atoms with van der Waals surface area (Å²) in [6.45, 7) is 1.70. The molecule has 0 fully saturated rings. The number of rotatable bonds is 3. The molecular formula is C12H11N3O2. The van der Waals surface area contributed by atoms with Gasteiger partial charge in [-0.3, -0.25) is 4.79 Å². The number of benzene rings is 1. The van der Waals surface area contributed by atoms with Crippen molar-refractivity contribution < 1.29 is 9.42 Å². The Hall–Kier alpha value is -2.43. The lowest BCUT2D eigenvalue weighted by molar-refractivity contribution is -0.111. The number of carbonyl (C=O) groups excluding carboxylic acids is 1. The minimum atomic E-state index is -0.271. The molecule has 5 heteroatoms. The normalized spacial score (nSPS) is 10.6. The molecule has 0 unspecified atom stereocenters. The Balaban J connectivity index is 1.99. The molecule has 17 heavy (non-hydrogen) atoms. The summed E-state index contributed by atoms with van der Waals surface area (Å²) < 4.78 is 4.47. The fourth-order valence-electron chi connectivity index (χ4n) is 1.24. The number of anilines is 1. The van der Waals surface area contributed by atoms with Crippen LogP contribution < -0.4 is 5.32 Å². The van der Waals surface area contributed by atoms with Crippen LogP contribution in [0.4, 0.5) is 5.82 Å². The lowest BCUT2D eigenvalue weighted by atomic mass is 10.2. The van der Waals surface area contributed by atoms with Crippen LogP contribution in [0.5, 0.6) is 0 Å². The highest BCUT2D eigenvalue weighted by Gasteiger charge is 2.06. The second-order valence-corrected chi connectivity index (χ2v) is 3.43. The van der Waals surface area contributed by atoms with Crippen LogP contribution in [0.1, 0.15) is 11.3 Å². The van der Waals surface area contributed by atoms with E-state index >= 15 is 0 Å². The average Bonchev–Trinajstić information content (AvgIpc) is 2.74. The van der Waals surface area contributed by atoms with Crippen LogP contribution in [0.2, 0.25) is 0 Å². The maximum absolute atomic E-state index is 11.5. The van der Waals surface area contributed by atoms with E-state index in [0.29, 0.717) is 11.5 Å². The molecule has 0 bridgehead atoms. The second kappa shape index (κ2) is 5.07. The van der Waals surface area contributed by atoms with Crippen molar-refractivity contribution in [3.63, 3.8) is 0 Å². The number of hydrogen-bond acceptors (Lipinski definition) is 4. The first-order valence-corrected chi connectivity index (χ1v) is 5.09. The zero-order valence-corrected chi connectivity index (χ0v) is 9.25. The Morgan fingerprint density at radius 2 is 2.06 bits per heavy atom. The molecule has 2 rings (SSSR count).